The number of halogens is 6. The van der Waals surface area contributed by atoms with Crippen molar-refractivity contribution in [3.05, 3.63) is 0 Å². The summed E-state index contributed by atoms with van der Waals surface area (Å²) in [7, 11) is 0. The van der Waals surface area contributed by atoms with Crippen LogP contribution in [0.3, 0.4) is 0 Å². The van der Waals surface area contributed by atoms with Crippen molar-refractivity contribution in [2.75, 3.05) is 0 Å². The van der Waals surface area contributed by atoms with Gasteiger partial charge in [0.05, 0.1) is 0 Å². The molecule has 0 aliphatic rings. The van der Waals surface area contributed by atoms with Crippen molar-refractivity contribution in [2.45, 2.75) is 18.8 Å². The molecule has 0 atom stereocenters. The maximum atomic E-state index is 10.8. The quantitative estimate of drug-likeness (QED) is 0.334. The van der Waals surface area contributed by atoms with Crippen LogP contribution in [-0.2, 0) is 0 Å². The normalized spacial score (nSPS) is 12.6. The Kier molecular flexibility index (Phi) is 4.53. The van der Waals surface area contributed by atoms with Gasteiger partial charge in [0, 0.05) is 0 Å². The fourth-order valence-corrected chi connectivity index (χ4v) is 0.227. The van der Waals surface area contributed by atoms with E-state index >= 15 is 0 Å². The molecular formula is C3H3F6Li. The molecule has 7 heteroatoms. The molecule has 0 bridgehead atoms. The first kappa shape index (κ1) is 12.8. The average molecular weight is 160 g/mol. The van der Waals surface area contributed by atoms with E-state index in [4.69, 9.17) is 0 Å². The summed E-state index contributed by atoms with van der Waals surface area (Å²) in [6.45, 7) is 0. The molecule has 0 unspecified atom stereocenters. The van der Waals surface area contributed by atoms with E-state index in [9.17, 15) is 26.3 Å². The monoisotopic (exact) mass is 160 g/mol. The van der Waals surface area contributed by atoms with Crippen LogP contribution in [0.4, 0.5) is 26.3 Å². The fourth-order valence-electron chi connectivity index (χ4n) is 0.227. The van der Waals surface area contributed by atoms with Crippen molar-refractivity contribution in [3.8, 4) is 0 Å². The van der Waals surface area contributed by atoms with E-state index in [1.807, 2.05) is 0 Å². The Balaban J connectivity index is -0.000000320. The summed E-state index contributed by atoms with van der Waals surface area (Å²) < 4.78 is 65.0. The predicted molar refractivity (Wildman–Crippen MR) is 17.8 cm³/mol. The van der Waals surface area contributed by atoms with E-state index in [1.54, 1.807) is 0 Å². The number of rotatable bonds is 0. The van der Waals surface area contributed by atoms with E-state index in [-0.39, 0.29) is 20.3 Å². The molecular weight excluding hydrogens is 157 g/mol. The van der Waals surface area contributed by atoms with Crippen LogP contribution in [0.25, 0.3) is 0 Å². The summed E-state index contributed by atoms with van der Waals surface area (Å²) in [5.41, 5.74) is 0. The Morgan fingerprint density at radius 3 is 1.00 bits per heavy atom. The second-order valence-corrected chi connectivity index (χ2v) is 1.41. The van der Waals surface area contributed by atoms with Crippen LogP contribution in [0.15, 0.2) is 0 Å². The van der Waals surface area contributed by atoms with Gasteiger partial charge in [0.1, 0.15) is 6.42 Å². The van der Waals surface area contributed by atoms with Crippen LogP contribution in [0.2, 0.25) is 0 Å². The number of alkyl halides is 6. The zero-order valence-corrected chi connectivity index (χ0v) is 4.97. The van der Waals surface area contributed by atoms with Crippen molar-refractivity contribution in [3.63, 3.8) is 0 Å². The van der Waals surface area contributed by atoms with Gasteiger partial charge >= 0.3 is 31.2 Å². The molecule has 0 spiro atoms. The van der Waals surface area contributed by atoms with E-state index in [1.165, 1.54) is 0 Å². The standard InChI is InChI=1S/C3H2F6.Li.H/c4-2(5,6)1-3(7,8)9;;/h1H2;;/q;+1;-1. The molecule has 0 aromatic carbocycles. The third kappa shape index (κ3) is 11.0. The molecule has 0 rings (SSSR count). The molecule has 0 heterocycles. The molecule has 0 aromatic rings. The zero-order valence-electron chi connectivity index (χ0n) is 5.97. The first-order chi connectivity index (χ1) is 3.71. The van der Waals surface area contributed by atoms with Crippen molar-refractivity contribution < 1.29 is 46.6 Å². The van der Waals surface area contributed by atoms with E-state index in [0.717, 1.165) is 0 Å². The molecule has 0 fully saturated rings. The molecule has 0 N–H and O–H groups in total. The van der Waals surface area contributed by atoms with Crippen molar-refractivity contribution in [1.82, 2.24) is 0 Å². The van der Waals surface area contributed by atoms with Crippen LogP contribution in [0, 0.1) is 0 Å². The Morgan fingerprint density at radius 2 is 1.00 bits per heavy atom. The molecule has 0 aromatic heterocycles. The Hall–Kier alpha value is 0.177. The molecule has 0 saturated carbocycles. The Labute approximate surface area is 66.2 Å². The smallest absolute Gasteiger partial charge is 1.00 e. The van der Waals surface area contributed by atoms with Crippen molar-refractivity contribution >= 4 is 0 Å². The molecule has 0 radical (unpaired) electrons. The number of hydrogen-bond acceptors (Lipinski definition) is 0. The second-order valence-electron chi connectivity index (χ2n) is 1.41. The molecule has 0 aliphatic heterocycles. The molecule has 0 saturated heterocycles. The van der Waals surface area contributed by atoms with E-state index < -0.39 is 18.8 Å². The molecule has 0 aliphatic carbocycles. The zero-order chi connectivity index (χ0) is 7.71. The van der Waals surface area contributed by atoms with Crippen molar-refractivity contribution in [1.29, 1.82) is 0 Å². The van der Waals surface area contributed by atoms with Gasteiger partial charge in [-0.15, -0.1) is 0 Å². The summed E-state index contributed by atoms with van der Waals surface area (Å²) in [6, 6.07) is 0. The first-order valence-corrected chi connectivity index (χ1v) is 1.84. The molecule has 0 amide bonds. The van der Waals surface area contributed by atoms with Gasteiger partial charge in [-0.25, -0.2) is 0 Å². The third-order valence-corrected chi connectivity index (χ3v) is 0.401. The van der Waals surface area contributed by atoms with Crippen LogP contribution in [-0.4, -0.2) is 12.4 Å². The van der Waals surface area contributed by atoms with Gasteiger partial charge in [-0.05, 0) is 0 Å². The summed E-state index contributed by atoms with van der Waals surface area (Å²) in [5, 5.41) is 0. The van der Waals surface area contributed by atoms with Crippen LogP contribution in [0.5, 0.6) is 0 Å². The van der Waals surface area contributed by atoms with Gasteiger partial charge < -0.3 is 1.43 Å². The van der Waals surface area contributed by atoms with Crippen LogP contribution < -0.4 is 18.9 Å². The average Bonchev–Trinajstić information content (AvgIpc) is 1.14. The van der Waals surface area contributed by atoms with Crippen molar-refractivity contribution in [2.24, 2.45) is 0 Å². The molecule has 10 heavy (non-hydrogen) atoms. The largest absolute Gasteiger partial charge is 1.00 e. The van der Waals surface area contributed by atoms with Gasteiger partial charge in [0.15, 0.2) is 0 Å². The Morgan fingerprint density at radius 1 is 0.800 bits per heavy atom. The minimum atomic E-state index is -5.14. The van der Waals surface area contributed by atoms with E-state index in [2.05, 4.69) is 0 Å². The minimum Gasteiger partial charge on any atom is -1.00 e. The van der Waals surface area contributed by atoms with Crippen LogP contribution in [0.1, 0.15) is 7.85 Å². The van der Waals surface area contributed by atoms with E-state index in [0.29, 0.717) is 0 Å². The fraction of sp³-hybridized carbons (Fsp3) is 1.00. The summed E-state index contributed by atoms with van der Waals surface area (Å²) >= 11 is 0. The molecule has 0 nitrogen and oxygen atoms in total. The summed E-state index contributed by atoms with van der Waals surface area (Å²) in [6.07, 6.45) is -13.0. The second kappa shape index (κ2) is 3.53. The van der Waals surface area contributed by atoms with Gasteiger partial charge in [0.25, 0.3) is 0 Å². The summed E-state index contributed by atoms with van der Waals surface area (Å²) in [4.78, 5) is 0. The van der Waals surface area contributed by atoms with Gasteiger partial charge in [0.2, 0.25) is 0 Å². The SMILES string of the molecule is FC(F)(F)CC(F)(F)F.[H-].[Li+]. The predicted octanol–water partition coefficient (Wildman–Crippen LogP) is -0.382. The van der Waals surface area contributed by atoms with Gasteiger partial charge in [-0.3, -0.25) is 0 Å². The maximum Gasteiger partial charge on any atom is 1.00 e. The summed E-state index contributed by atoms with van der Waals surface area (Å²) in [5.74, 6) is 0. The molecule has 58 valence electrons. The Bertz CT molecular complexity index is 83.0. The topological polar surface area (TPSA) is 0 Å². The minimum absolute atomic E-state index is 0. The third-order valence-electron chi connectivity index (χ3n) is 0.401. The maximum absolute atomic E-state index is 10.8. The number of hydrogen-bond donors (Lipinski definition) is 0. The van der Waals surface area contributed by atoms with Crippen LogP contribution >= 0.6 is 0 Å². The first-order valence-electron chi connectivity index (χ1n) is 1.84. The van der Waals surface area contributed by atoms with Gasteiger partial charge in [-0.2, -0.15) is 26.3 Å². The van der Waals surface area contributed by atoms with Gasteiger partial charge in [-0.1, -0.05) is 0 Å².